The predicted molar refractivity (Wildman–Crippen MR) is 95.9 cm³/mol. The molecule has 9 heteroatoms. The zero-order valence-electron chi connectivity index (χ0n) is 15.3. The fourth-order valence-corrected chi connectivity index (χ4v) is 3.00. The van der Waals surface area contributed by atoms with E-state index in [0.29, 0.717) is 17.8 Å². The lowest BCUT2D eigenvalue weighted by Crippen LogP contribution is -2.27. The lowest BCUT2D eigenvalue weighted by atomic mass is 10.1. The van der Waals surface area contributed by atoms with E-state index in [0.717, 1.165) is 29.1 Å². The zero-order chi connectivity index (χ0) is 19.7. The number of nitrogens with zero attached hydrogens (tertiary/aromatic N) is 4. The molecular formula is C18H20F2N6O. The monoisotopic (exact) mass is 374 g/mol. The molecule has 0 fully saturated rings. The number of rotatable bonds is 5. The summed E-state index contributed by atoms with van der Waals surface area (Å²) >= 11 is 0. The van der Waals surface area contributed by atoms with E-state index < -0.39 is 17.7 Å². The lowest BCUT2D eigenvalue weighted by Gasteiger charge is -2.15. The number of amides is 1. The fraction of sp³-hybridized carbons (Fsp3) is 0.333. The van der Waals surface area contributed by atoms with Gasteiger partial charge in [0.2, 0.25) is 11.9 Å². The highest BCUT2D eigenvalue weighted by Crippen LogP contribution is 2.18. The number of nitrogens with two attached hydrogens (primary N) is 1. The number of aryl methyl sites for hydroxylation is 2. The number of halogens is 2. The molecule has 1 aromatic carbocycles. The second kappa shape index (κ2) is 7.26. The maximum Gasteiger partial charge on any atom is 0.254 e. The minimum atomic E-state index is -0.939. The van der Waals surface area contributed by atoms with Crippen LogP contribution in [0.2, 0.25) is 0 Å². The number of nitrogen functional groups attached to an aromatic ring is 1. The fourth-order valence-electron chi connectivity index (χ4n) is 3.00. The topological polar surface area (TPSA) is 98.2 Å². The van der Waals surface area contributed by atoms with Gasteiger partial charge in [-0.15, -0.1) is 5.10 Å². The Morgan fingerprint density at radius 3 is 2.70 bits per heavy atom. The summed E-state index contributed by atoms with van der Waals surface area (Å²) in [7, 11) is 0. The molecule has 0 bridgehead atoms. The molecule has 0 saturated heterocycles. The third-order valence-electron chi connectivity index (χ3n) is 4.49. The van der Waals surface area contributed by atoms with Gasteiger partial charge >= 0.3 is 0 Å². The summed E-state index contributed by atoms with van der Waals surface area (Å²) in [5.41, 5.74) is 8.58. The molecule has 0 radical (unpaired) electrons. The van der Waals surface area contributed by atoms with Crippen molar-refractivity contribution in [2.75, 3.05) is 5.73 Å². The number of benzene rings is 1. The van der Waals surface area contributed by atoms with Crippen molar-refractivity contribution < 1.29 is 13.6 Å². The van der Waals surface area contributed by atoms with Gasteiger partial charge in [0.15, 0.2) is 11.6 Å². The molecule has 2 heterocycles. The molecule has 142 valence electrons. The van der Waals surface area contributed by atoms with E-state index in [4.69, 9.17) is 5.73 Å². The Hall–Kier alpha value is -3.10. The summed E-state index contributed by atoms with van der Waals surface area (Å²) in [5, 5.41) is 6.89. The first-order chi connectivity index (χ1) is 12.8. The Kier molecular flexibility index (Phi) is 5.02. The van der Waals surface area contributed by atoms with E-state index in [9.17, 15) is 13.6 Å². The van der Waals surface area contributed by atoms with Crippen LogP contribution in [0.25, 0.3) is 5.78 Å². The maximum atomic E-state index is 13.3. The SMILES string of the molecule is Cc1nc2nc(N)nn2c(C)c1CCC(=O)N[C@H](C)c1ccc(F)c(F)c1. The van der Waals surface area contributed by atoms with Crippen LogP contribution >= 0.6 is 0 Å². The molecule has 0 aliphatic heterocycles. The number of nitrogens with one attached hydrogen (secondary N) is 1. The number of aromatic nitrogens is 4. The summed E-state index contributed by atoms with van der Waals surface area (Å²) in [4.78, 5) is 20.7. The summed E-state index contributed by atoms with van der Waals surface area (Å²) in [6.07, 6.45) is 0.670. The first-order valence-electron chi connectivity index (χ1n) is 8.49. The Bertz CT molecular complexity index is 1020. The molecule has 27 heavy (non-hydrogen) atoms. The van der Waals surface area contributed by atoms with Crippen molar-refractivity contribution in [1.82, 2.24) is 24.9 Å². The third-order valence-corrected chi connectivity index (χ3v) is 4.49. The van der Waals surface area contributed by atoms with Crippen LogP contribution in [0, 0.1) is 25.5 Å². The standard InChI is InChI=1S/C18H20F2N6O/c1-9(12-4-6-14(19)15(20)8-12)22-16(27)7-5-13-10(2)23-18-24-17(21)25-26(18)11(13)3/h4,6,8-9H,5,7H2,1-3H3,(H2,21,25)(H,22,27)/t9-/m1/s1. The van der Waals surface area contributed by atoms with E-state index in [1.54, 1.807) is 11.4 Å². The number of hydrogen-bond donors (Lipinski definition) is 2. The molecule has 3 N–H and O–H groups in total. The van der Waals surface area contributed by atoms with Crippen LogP contribution in [-0.2, 0) is 11.2 Å². The molecule has 3 aromatic rings. The number of fused-ring (bicyclic) bond motifs is 1. The molecule has 0 saturated carbocycles. The number of hydrogen-bond acceptors (Lipinski definition) is 5. The molecule has 0 spiro atoms. The highest BCUT2D eigenvalue weighted by Gasteiger charge is 2.16. The lowest BCUT2D eigenvalue weighted by molar-refractivity contribution is -0.121. The van der Waals surface area contributed by atoms with Gasteiger partial charge in [-0.3, -0.25) is 4.79 Å². The third kappa shape index (κ3) is 3.86. The molecular weight excluding hydrogens is 354 g/mol. The van der Waals surface area contributed by atoms with Crippen molar-refractivity contribution in [3.8, 4) is 0 Å². The van der Waals surface area contributed by atoms with Gasteiger partial charge in [-0.1, -0.05) is 6.07 Å². The van der Waals surface area contributed by atoms with E-state index in [1.807, 2.05) is 13.8 Å². The van der Waals surface area contributed by atoms with Crippen molar-refractivity contribution >= 4 is 17.6 Å². The molecule has 0 aliphatic carbocycles. The normalized spacial score (nSPS) is 12.3. The van der Waals surface area contributed by atoms with Gasteiger partial charge in [-0.05, 0) is 50.5 Å². The van der Waals surface area contributed by atoms with Crippen molar-refractivity contribution in [1.29, 1.82) is 0 Å². The van der Waals surface area contributed by atoms with Gasteiger partial charge in [0.25, 0.3) is 5.78 Å². The molecule has 1 atom stereocenters. The van der Waals surface area contributed by atoms with Gasteiger partial charge in [0, 0.05) is 17.8 Å². The second-order valence-corrected chi connectivity index (χ2v) is 6.41. The van der Waals surface area contributed by atoms with Crippen LogP contribution in [0.5, 0.6) is 0 Å². The summed E-state index contributed by atoms with van der Waals surface area (Å²) in [5.74, 6) is -1.50. The van der Waals surface area contributed by atoms with Gasteiger partial charge < -0.3 is 11.1 Å². The van der Waals surface area contributed by atoms with Crippen LogP contribution in [0.4, 0.5) is 14.7 Å². The Labute approximate surface area is 154 Å². The molecule has 0 aliphatic rings. The zero-order valence-corrected chi connectivity index (χ0v) is 15.3. The van der Waals surface area contributed by atoms with Crippen molar-refractivity contribution in [3.63, 3.8) is 0 Å². The smallest absolute Gasteiger partial charge is 0.254 e. The van der Waals surface area contributed by atoms with Crippen molar-refractivity contribution in [3.05, 3.63) is 52.3 Å². The Balaban J connectivity index is 1.68. The quantitative estimate of drug-likeness (QED) is 0.715. The van der Waals surface area contributed by atoms with Crippen LogP contribution in [0.15, 0.2) is 18.2 Å². The first-order valence-corrected chi connectivity index (χ1v) is 8.49. The number of carbonyl (C=O) groups is 1. The predicted octanol–water partition coefficient (Wildman–Crippen LogP) is 2.41. The van der Waals surface area contributed by atoms with Crippen LogP contribution < -0.4 is 11.1 Å². The second-order valence-electron chi connectivity index (χ2n) is 6.41. The van der Waals surface area contributed by atoms with E-state index >= 15 is 0 Å². The van der Waals surface area contributed by atoms with Crippen LogP contribution in [-0.4, -0.2) is 25.5 Å². The Morgan fingerprint density at radius 2 is 2.00 bits per heavy atom. The van der Waals surface area contributed by atoms with Gasteiger partial charge in [0.05, 0.1) is 6.04 Å². The maximum absolute atomic E-state index is 13.3. The average Bonchev–Trinajstić information content (AvgIpc) is 2.97. The number of carbonyl (C=O) groups excluding carboxylic acids is 1. The number of anilines is 1. The van der Waals surface area contributed by atoms with Gasteiger partial charge in [-0.25, -0.2) is 13.8 Å². The minimum absolute atomic E-state index is 0.139. The average molecular weight is 374 g/mol. The Morgan fingerprint density at radius 1 is 1.26 bits per heavy atom. The van der Waals surface area contributed by atoms with Gasteiger partial charge in [-0.2, -0.15) is 9.50 Å². The van der Waals surface area contributed by atoms with Crippen LogP contribution in [0.3, 0.4) is 0 Å². The van der Waals surface area contributed by atoms with Gasteiger partial charge in [0.1, 0.15) is 0 Å². The largest absolute Gasteiger partial charge is 0.366 e. The first kappa shape index (κ1) is 18.7. The summed E-state index contributed by atoms with van der Waals surface area (Å²) in [6.45, 7) is 5.43. The molecule has 0 unspecified atom stereocenters. The van der Waals surface area contributed by atoms with E-state index in [1.165, 1.54) is 6.07 Å². The minimum Gasteiger partial charge on any atom is -0.366 e. The van der Waals surface area contributed by atoms with E-state index in [2.05, 4.69) is 20.4 Å². The molecule has 1 amide bonds. The van der Waals surface area contributed by atoms with E-state index in [-0.39, 0.29) is 18.3 Å². The molecule has 3 rings (SSSR count). The molecule has 7 nitrogen and oxygen atoms in total. The highest BCUT2D eigenvalue weighted by molar-refractivity contribution is 5.76. The van der Waals surface area contributed by atoms with Crippen molar-refractivity contribution in [2.24, 2.45) is 0 Å². The summed E-state index contributed by atoms with van der Waals surface area (Å²) in [6, 6.07) is 3.14. The highest BCUT2D eigenvalue weighted by atomic mass is 19.2. The van der Waals surface area contributed by atoms with Crippen molar-refractivity contribution in [2.45, 2.75) is 39.7 Å². The van der Waals surface area contributed by atoms with Crippen LogP contribution in [0.1, 0.15) is 41.9 Å². The summed E-state index contributed by atoms with van der Waals surface area (Å²) < 4.78 is 27.9. The molecule has 2 aromatic heterocycles.